The van der Waals surface area contributed by atoms with Crippen LogP contribution in [0.15, 0.2) is 22.7 Å². The summed E-state index contributed by atoms with van der Waals surface area (Å²) < 4.78 is 5.52. The highest BCUT2D eigenvalue weighted by Gasteiger charge is 2.14. The second kappa shape index (κ2) is 6.39. The summed E-state index contributed by atoms with van der Waals surface area (Å²) in [5, 5.41) is 0. The zero-order valence-electron chi connectivity index (χ0n) is 10.3. The Morgan fingerprint density at radius 1 is 1.39 bits per heavy atom. The smallest absolute Gasteiger partial charge is 0.339 e. The maximum atomic E-state index is 11.7. The lowest BCUT2D eigenvalue weighted by molar-refractivity contribution is -0.129. The van der Waals surface area contributed by atoms with Crippen molar-refractivity contribution in [2.24, 2.45) is 0 Å². The van der Waals surface area contributed by atoms with Crippen LogP contribution in [0.3, 0.4) is 0 Å². The van der Waals surface area contributed by atoms with Crippen LogP contribution in [0.1, 0.15) is 16.8 Å². The normalized spacial score (nSPS) is 9.94. The lowest BCUT2D eigenvalue weighted by Gasteiger charge is -2.11. The lowest BCUT2D eigenvalue weighted by Crippen LogP contribution is -2.23. The van der Waals surface area contributed by atoms with Gasteiger partial charge < -0.3 is 15.4 Å². The molecule has 6 heteroatoms. The lowest BCUT2D eigenvalue weighted by atomic mass is 10.2. The highest BCUT2D eigenvalue weighted by atomic mass is 79.9. The Hall–Kier alpha value is -1.56. The van der Waals surface area contributed by atoms with Gasteiger partial charge in [-0.3, -0.25) is 4.79 Å². The summed E-state index contributed by atoms with van der Waals surface area (Å²) in [5.74, 6) is -0.588. The molecule has 2 N–H and O–H groups in total. The van der Waals surface area contributed by atoms with Crippen molar-refractivity contribution >= 4 is 33.5 Å². The molecule has 5 nitrogen and oxygen atoms in total. The predicted octanol–water partition coefficient (Wildman–Crippen LogP) is 1.67. The van der Waals surface area contributed by atoms with Gasteiger partial charge in [0.2, 0.25) is 5.91 Å². The van der Waals surface area contributed by atoms with Crippen LogP contribution in [-0.2, 0) is 9.53 Å². The molecule has 0 saturated carbocycles. The van der Waals surface area contributed by atoms with Crippen LogP contribution < -0.4 is 5.73 Å². The van der Waals surface area contributed by atoms with Gasteiger partial charge in [-0.15, -0.1) is 0 Å². The molecular formula is C12H15BrN2O3. The Bertz CT molecular complexity index is 461. The third-order valence-electron chi connectivity index (χ3n) is 2.30. The number of nitrogens with two attached hydrogens (primary N) is 1. The van der Waals surface area contributed by atoms with Crippen molar-refractivity contribution in [2.75, 3.05) is 26.4 Å². The maximum Gasteiger partial charge on any atom is 0.339 e. The topological polar surface area (TPSA) is 72.6 Å². The van der Waals surface area contributed by atoms with Crippen molar-refractivity contribution in [1.82, 2.24) is 4.90 Å². The molecule has 0 fully saturated rings. The first-order valence-corrected chi connectivity index (χ1v) is 6.14. The van der Waals surface area contributed by atoms with Crippen LogP contribution in [0.5, 0.6) is 0 Å². The van der Waals surface area contributed by atoms with Gasteiger partial charge in [-0.05, 0) is 28.1 Å². The van der Waals surface area contributed by atoms with Crippen LogP contribution >= 0.6 is 15.9 Å². The number of nitrogen functional groups attached to an aromatic ring is 1. The molecule has 0 aliphatic rings. The number of carbonyl (C=O) groups excluding carboxylic acids is 2. The van der Waals surface area contributed by atoms with Crippen LogP contribution in [0.25, 0.3) is 0 Å². The molecule has 0 aliphatic heterocycles. The summed E-state index contributed by atoms with van der Waals surface area (Å²) in [4.78, 5) is 24.5. The van der Waals surface area contributed by atoms with Crippen LogP contribution in [0.4, 0.5) is 5.69 Å². The zero-order chi connectivity index (χ0) is 13.7. The van der Waals surface area contributed by atoms with Crippen molar-refractivity contribution in [3.8, 4) is 0 Å². The van der Waals surface area contributed by atoms with Gasteiger partial charge in [0.15, 0.2) is 0 Å². The van der Waals surface area contributed by atoms with Gasteiger partial charge in [0, 0.05) is 19.8 Å². The third kappa shape index (κ3) is 3.73. The summed E-state index contributed by atoms with van der Waals surface area (Å²) in [5.41, 5.74) is 6.48. The molecule has 1 rings (SSSR count). The molecule has 0 radical (unpaired) electrons. The molecule has 0 saturated heterocycles. The van der Waals surface area contributed by atoms with E-state index >= 15 is 0 Å². The van der Waals surface area contributed by atoms with Crippen molar-refractivity contribution in [1.29, 1.82) is 0 Å². The fourth-order valence-corrected chi connectivity index (χ4v) is 1.67. The average Bonchev–Trinajstić information content (AvgIpc) is 2.32. The fourth-order valence-electron chi connectivity index (χ4n) is 1.24. The van der Waals surface area contributed by atoms with Crippen molar-refractivity contribution in [3.05, 3.63) is 28.2 Å². The van der Waals surface area contributed by atoms with E-state index in [9.17, 15) is 9.59 Å². The van der Waals surface area contributed by atoms with E-state index in [1.165, 1.54) is 4.90 Å². The molecule has 0 aromatic heterocycles. The number of esters is 1. The van der Waals surface area contributed by atoms with Crippen molar-refractivity contribution in [3.63, 3.8) is 0 Å². The van der Waals surface area contributed by atoms with Crippen LogP contribution in [-0.4, -0.2) is 37.5 Å². The quantitative estimate of drug-likeness (QED) is 0.677. The SMILES string of the molecule is CN(C)C(=O)CCOC(=O)c1cccc(N)c1Br. The molecule has 1 amide bonds. The molecule has 0 spiro atoms. The Balaban J connectivity index is 2.56. The molecule has 0 heterocycles. The van der Waals surface area contributed by atoms with Crippen molar-refractivity contribution in [2.45, 2.75) is 6.42 Å². The maximum absolute atomic E-state index is 11.7. The van der Waals surface area contributed by atoms with Gasteiger partial charge in [0.05, 0.1) is 16.5 Å². The monoisotopic (exact) mass is 314 g/mol. The Morgan fingerprint density at radius 3 is 2.67 bits per heavy atom. The third-order valence-corrected chi connectivity index (χ3v) is 3.18. The van der Waals surface area contributed by atoms with E-state index in [-0.39, 0.29) is 18.9 Å². The minimum Gasteiger partial charge on any atom is -0.462 e. The number of nitrogens with zero attached hydrogens (tertiary/aromatic N) is 1. The first kappa shape index (κ1) is 14.5. The van der Waals surface area contributed by atoms with Gasteiger partial charge in [-0.2, -0.15) is 0 Å². The zero-order valence-corrected chi connectivity index (χ0v) is 11.9. The van der Waals surface area contributed by atoms with E-state index < -0.39 is 5.97 Å². The molecule has 0 bridgehead atoms. The van der Waals surface area contributed by atoms with E-state index in [1.54, 1.807) is 32.3 Å². The minimum absolute atomic E-state index is 0.0527. The summed E-state index contributed by atoms with van der Waals surface area (Å²) in [7, 11) is 3.30. The largest absolute Gasteiger partial charge is 0.462 e. The van der Waals surface area contributed by atoms with E-state index in [4.69, 9.17) is 10.5 Å². The molecule has 1 aromatic carbocycles. The summed E-state index contributed by atoms with van der Waals surface area (Å²) >= 11 is 3.22. The fraction of sp³-hybridized carbons (Fsp3) is 0.333. The molecule has 0 atom stereocenters. The van der Waals surface area contributed by atoms with Gasteiger partial charge in [-0.1, -0.05) is 6.07 Å². The molecule has 98 valence electrons. The second-order valence-electron chi connectivity index (χ2n) is 3.88. The van der Waals surface area contributed by atoms with Gasteiger partial charge in [-0.25, -0.2) is 4.79 Å². The highest BCUT2D eigenvalue weighted by Crippen LogP contribution is 2.24. The number of rotatable bonds is 4. The number of hydrogen-bond acceptors (Lipinski definition) is 4. The molecular weight excluding hydrogens is 300 g/mol. The van der Waals surface area contributed by atoms with E-state index in [0.29, 0.717) is 15.7 Å². The highest BCUT2D eigenvalue weighted by molar-refractivity contribution is 9.10. The number of ether oxygens (including phenoxy) is 1. The standard InChI is InChI=1S/C12H15BrN2O3/c1-15(2)10(16)6-7-18-12(17)8-4-3-5-9(14)11(8)13/h3-5H,6-7,14H2,1-2H3. The predicted molar refractivity (Wildman–Crippen MR) is 72.1 cm³/mol. The van der Waals surface area contributed by atoms with Gasteiger partial charge in [0.25, 0.3) is 0 Å². The Labute approximate surface area is 114 Å². The first-order chi connectivity index (χ1) is 8.43. The van der Waals surface area contributed by atoms with Crippen LogP contribution in [0.2, 0.25) is 0 Å². The summed E-state index contributed by atoms with van der Waals surface area (Å²) in [6, 6.07) is 4.95. The summed E-state index contributed by atoms with van der Waals surface area (Å²) in [6.45, 7) is 0.0527. The number of benzene rings is 1. The Morgan fingerprint density at radius 2 is 2.06 bits per heavy atom. The molecule has 18 heavy (non-hydrogen) atoms. The van der Waals surface area contributed by atoms with E-state index in [0.717, 1.165) is 0 Å². The Kier molecular flexibility index (Phi) is 5.15. The number of halogens is 1. The average molecular weight is 315 g/mol. The van der Waals surface area contributed by atoms with Gasteiger partial charge in [0.1, 0.15) is 6.61 Å². The van der Waals surface area contributed by atoms with Gasteiger partial charge >= 0.3 is 5.97 Å². The molecule has 0 aliphatic carbocycles. The number of hydrogen-bond donors (Lipinski definition) is 1. The number of amides is 1. The second-order valence-corrected chi connectivity index (χ2v) is 4.68. The van der Waals surface area contributed by atoms with E-state index in [2.05, 4.69) is 15.9 Å². The van der Waals surface area contributed by atoms with Crippen molar-refractivity contribution < 1.29 is 14.3 Å². The van der Waals surface area contributed by atoms with E-state index in [1.807, 2.05) is 0 Å². The summed E-state index contributed by atoms with van der Waals surface area (Å²) in [6.07, 6.45) is 0.165. The van der Waals surface area contributed by atoms with Crippen LogP contribution in [0, 0.1) is 0 Å². The molecule has 1 aromatic rings. The minimum atomic E-state index is -0.499. The first-order valence-electron chi connectivity index (χ1n) is 5.34. The number of anilines is 1. The number of carbonyl (C=O) groups is 2. The molecule has 0 unspecified atom stereocenters.